The highest BCUT2D eigenvalue weighted by Crippen LogP contribution is 2.23. The number of aromatic nitrogens is 2. The van der Waals surface area contributed by atoms with Gasteiger partial charge in [0.25, 0.3) is 0 Å². The van der Waals surface area contributed by atoms with Gasteiger partial charge < -0.3 is 5.32 Å². The number of anilines is 1. The van der Waals surface area contributed by atoms with E-state index in [-0.39, 0.29) is 0 Å². The Hall–Kier alpha value is -1.61. The number of aryl methyl sites for hydroxylation is 1. The van der Waals surface area contributed by atoms with E-state index >= 15 is 0 Å². The second-order valence-electron chi connectivity index (χ2n) is 3.48. The number of nitrogens with zero attached hydrogens (tertiary/aromatic N) is 2. The van der Waals surface area contributed by atoms with E-state index in [0.29, 0.717) is 5.95 Å². The normalized spacial score (nSPS) is 10.2. The lowest BCUT2D eigenvalue weighted by molar-refractivity contribution is 1.12. The first-order valence-corrected chi connectivity index (χ1v) is 5.36. The molecule has 1 N–H and O–H groups in total. The summed E-state index contributed by atoms with van der Waals surface area (Å²) < 4.78 is 0. The quantitative estimate of drug-likeness (QED) is 0.866. The fourth-order valence-electron chi connectivity index (χ4n) is 1.46. The molecule has 0 aliphatic carbocycles. The molecule has 1 heterocycles. The standard InChI is InChI=1S/C12H12ClN3/c1-8-7-15-12(14-2)16-11(8)9-3-5-10(13)6-4-9/h3-7H,1-2H3,(H,14,15,16). The second kappa shape index (κ2) is 4.49. The zero-order valence-electron chi connectivity index (χ0n) is 9.16. The van der Waals surface area contributed by atoms with E-state index in [9.17, 15) is 0 Å². The molecule has 0 unspecified atom stereocenters. The molecule has 0 fully saturated rings. The topological polar surface area (TPSA) is 37.8 Å². The predicted octanol–water partition coefficient (Wildman–Crippen LogP) is 3.15. The SMILES string of the molecule is CNc1ncc(C)c(-c2ccc(Cl)cc2)n1. The number of nitrogens with one attached hydrogen (secondary N) is 1. The van der Waals surface area contributed by atoms with Crippen LogP contribution in [0.15, 0.2) is 30.5 Å². The van der Waals surface area contributed by atoms with Crippen molar-refractivity contribution in [3.8, 4) is 11.3 Å². The molecule has 0 saturated carbocycles. The summed E-state index contributed by atoms with van der Waals surface area (Å²) in [7, 11) is 1.80. The summed E-state index contributed by atoms with van der Waals surface area (Å²) in [4.78, 5) is 8.58. The van der Waals surface area contributed by atoms with Gasteiger partial charge in [-0.15, -0.1) is 0 Å². The molecule has 1 aromatic heterocycles. The minimum atomic E-state index is 0.621. The average molecular weight is 234 g/mol. The fourth-order valence-corrected chi connectivity index (χ4v) is 1.59. The van der Waals surface area contributed by atoms with E-state index < -0.39 is 0 Å². The smallest absolute Gasteiger partial charge is 0.222 e. The molecule has 3 nitrogen and oxygen atoms in total. The zero-order valence-corrected chi connectivity index (χ0v) is 9.92. The van der Waals surface area contributed by atoms with Gasteiger partial charge in [0, 0.05) is 23.8 Å². The van der Waals surface area contributed by atoms with Crippen molar-refractivity contribution < 1.29 is 0 Å². The summed E-state index contributed by atoms with van der Waals surface area (Å²) in [6.07, 6.45) is 1.81. The van der Waals surface area contributed by atoms with Crippen molar-refractivity contribution in [1.82, 2.24) is 9.97 Å². The molecule has 2 aromatic rings. The number of benzene rings is 1. The molecule has 0 aliphatic heterocycles. The maximum absolute atomic E-state index is 5.85. The van der Waals surface area contributed by atoms with Crippen LogP contribution < -0.4 is 5.32 Å². The van der Waals surface area contributed by atoms with Gasteiger partial charge in [0.2, 0.25) is 5.95 Å². The highest BCUT2D eigenvalue weighted by atomic mass is 35.5. The lowest BCUT2D eigenvalue weighted by Crippen LogP contribution is -1.99. The van der Waals surface area contributed by atoms with Gasteiger partial charge in [-0.05, 0) is 24.6 Å². The van der Waals surface area contributed by atoms with Crippen molar-refractivity contribution in [3.63, 3.8) is 0 Å². The summed E-state index contributed by atoms with van der Waals surface area (Å²) in [6, 6.07) is 7.63. The Balaban J connectivity index is 2.50. The van der Waals surface area contributed by atoms with Gasteiger partial charge in [-0.2, -0.15) is 0 Å². The minimum Gasteiger partial charge on any atom is -0.357 e. The van der Waals surface area contributed by atoms with Crippen LogP contribution in [0, 0.1) is 6.92 Å². The van der Waals surface area contributed by atoms with E-state index in [1.807, 2.05) is 37.4 Å². The van der Waals surface area contributed by atoms with E-state index in [2.05, 4.69) is 15.3 Å². The molecule has 0 radical (unpaired) electrons. The molecule has 82 valence electrons. The Kier molecular flexibility index (Phi) is 3.06. The Bertz CT molecular complexity index is 494. The number of hydrogen-bond acceptors (Lipinski definition) is 3. The van der Waals surface area contributed by atoms with Crippen LogP contribution in [0.1, 0.15) is 5.56 Å². The van der Waals surface area contributed by atoms with E-state index in [1.54, 1.807) is 7.05 Å². The van der Waals surface area contributed by atoms with Crippen LogP contribution in [0.4, 0.5) is 5.95 Å². The lowest BCUT2D eigenvalue weighted by atomic mass is 10.1. The van der Waals surface area contributed by atoms with Gasteiger partial charge in [-0.25, -0.2) is 9.97 Å². The summed E-state index contributed by atoms with van der Waals surface area (Å²) in [5.41, 5.74) is 3.01. The largest absolute Gasteiger partial charge is 0.357 e. The molecule has 0 aliphatic rings. The van der Waals surface area contributed by atoms with Gasteiger partial charge in [-0.3, -0.25) is 0 Å². The third-order valence-electron chi connectivity index (χ3n) is 2.31. The van der Waals surface area contributed by atoms with Crippen LogP contribution in [0.5, 0.6) is 0 Å². The second-order valence-corrected chi connectivity index (χ2v) is 3.92. The maximum Gasteiger partial charge on any atom is 0.222 e. The molecule has 0 bridgehead atoms. The molecule has 16 heavy (non-hydrogen) atoms. The van der Waals surface area contributed by atoms with Gasteiger partial charge in [0.15, 0.2) is 0 Å². The maximum atomic E-state index is 5.85. The van der Waals surface area contributed by atoms with Gasteiger partial charge >= 0.3 is 0 Å². The van der Waals surface area contributed by atoms with Crippen LogP contribution in [0.25, 0.3) is 11.3 Å². The molecular weight excluding hydrogens is 222 g/mol. The van der Waals surface area contributed by atoms with Crippen molar-refractivity contribution in [3.05, 3.63) is 41.0 Å². The van der Waals surface area contributed by atoms with Crippen LogP contribution in [0.2, 0.25) is 5.02 Å². The number of halogens is 1. The van der Waals surface area contributed by atoms with Crippen LogP contribution in [0.3, 0.4) is 0 Å². The summed E-state index contributed by atoms with van der Waals surface area (Å²) in [5.74, 6) is 0.621. The first-order chi connectivity index (χ1) is 7.70. The van der Waals surface area contributed by atoms with E-state index in [0.717, 1.165) is 21.8 Å². The molecular formula is C12H12ClN3. The van der Waals surface area contributed by atoms with Crippen molar-refractivity contribution >= 4 is 17.5 Å². The Morgan fingerprint density at radius 3 is 2.50 bits per heavy atom. The summed E-state index contributed by atoms with van der Waals surface area (Å²) in [6.45, 7) is 1.99. The Morgan fingerprint density at radius 1 is 1.19 bits per heavy atom. The van der Waals surface area contributed by atoms with Crippen LogP contribution in [-0.2, 0) is 0 Å². The molecule has 0 spiro atoms. The summed E-state index contributed by atoms with van der Waals surface area (Å²) >= 11 is 5.85. The first kappa shape index (κ1) is 10.9. The lowest BCUT2D eigenvalue weighted by Gasteiger charge is -2.06. The van der Waals surface area contributed by atoms with Crippen molar-refractivity contribution in [2.75, 3.05) is 12.4 Å². The number of hydrogen-bond donors (Lipinski definition) is 1. The molecule has 1 aromatic carbocycles. The third-order valence-corrected chi connectivity index (χ3v) is 2.56. The first-order valence-electron chi connectivity index (χ1n) is 4.98. The van der Waals surface area contributed by atoms with Crippen LogP contribution >= 0.6 is 11.6 Å². The molecule has 2 rings (SSSR count). The van der Waals surface area contributed by atoms with Gasteiger partial charge in [0.1, 0.15) is 0 Å². The highest BCUT2D eigenvalue weighted by Gasteiger charge is 2.05. The van der Waals surface area contributed by atoms with Crippen molar-refractivity contribution in [1.29, 1.82) is 0 Å². The zero-order chi connectivity index (χ0) is 11.5. The van der Waals surface area contributed by atoms with Crippen molar-refractivity contribution in [2.24, 2.45) is 0 Å². The fraction of sp³-hybridized carbons (Fsp3) is 0.167. The highest BCUT2D eigenvalue weighted by molar-refractivity contribution is 6.30. The molecule has 0 atom stereocenters. The average Bonchev–Trinajstić information content (AvgIpc) is 2.31. The number of rotatable bonds is 2. The molecule has 4 heteroatoms. The van der Waals surface area contributed by atoms with E-state index in [4.69, 9.17) is 11.6 Å². The monoisotopic (exact) mass is 233 g/mol. The molecule has 0 amide bonds. The Morgan fingerprint density at radius 2 is 1.88 bits per heavy atom. The molecule has 0 saturated heterocycles. The van der Waals surface area contributed by atoms with E-state index in [1.165, 1.54) is 0 Å². The van der Waals surface area contributed by atoms with Gasteiger partial charge in [0.05, 0.1) is 5.69 Å². The predicted molar refractivity (Wildman–Crippen MR) is 66.8 cm³/mol. The third kappa shape index (κ3) is 2.14. The summed E-state index contributed by atoms with van der Waals surface area (Å²) in [5, 5.41) is 3.65. The minimum absolute atomic E-state index is 0.621. The van der Waals surface area contributed by atoms with Crippen LogP contribution in [-0.4, -0.2) is 17.0 Å². The Labute approximate surface area is 99.5 Å². The van der Waals surface area contributed by atoms with Crippen molar-refractivity contribution in [2.45, 2.75) is 6.92 Å². The van der Waals surface area contributed by atoms with Gasteiger partial charge in [-0.1, -0.05) is 23.7 Å².